The molecule has 0 aliphatic heterocycles. The number of carbonyl (C=O) groups excluding carboxylic acids is 1. The normalized spacial score (nSPS) is 30.3. The minimum Gasteiger partial charge on any atom is -0.299 e. The topological polar surface area (TPSA) is 17.1 Å². The van der Waals surface area contributed by atoms with Gasteiger partial charge >= 0.3 is 0 Å². The average molecular weight is 164 g/mol. The first kappa shape index (κ1) is 9.24. The Hall–Kier alpha value is -0.850. The summed E-state index contributed by atoms with van der Waals surface area (Å²) in [4.78, 5) is 10.2. The highest BCUT2D eigenvalue weighted by molar-refractivity contribution is 5.64. The van der Waals surface area contributed by atoms with E-state index in [1.807, 2.05) is 6.08 Å². The van der Waals surface area contributed by atoms with Crippen molar-refractivity contribution in [2.45, 2.75) is 33.1 Å². The largest absolute Gasteiger partial charge is 0.299 e. The van der Waals surface area contributed by atoms with Gasteiger partial charge in [-0.2, -0.15) is 0 Å². The van der Waals surface area contributed by atoms with Gasteiger partial charge in [0.05, 0.1) is 0 Å². The zero-order chi connectivity index (χ0) is 9.03. The first-order valence-corrected chi connectivity index (χ1v) is 4.45. The molecule has 0 saturated carbocycles. The number of hydrogen-bond donors (Lipinski definition) is 0. The van der Waals surface area contributed by atoms with Crippen molar-refractivity contribution in [2.24, 2.45) is 5.41 Å². The van der Waals surface area contributed by atoms with Crippen LogP contribution in [0.4, 0.5) is 0 Å². The van der Waals surface area contributed by atoms with Crippen LogP contribution in [0.25, 0.3) is 0 Å². The molecule has 0 spiro atoms. The molecular weight excluding hydrogens is 148 g/mol. The molecule has 0 saturated heterocycles. The Morgan fingerprint density at radius 1 is 1.58 bits per heavy atom. The molecule has 0 fully saturated rings. The fraction of sp³-hybridized carbons (Fsp3) is 0.545. The van der Waals surface area contributed by atoms with Crippen LogP contribution in [0.3, 0.4) is 0 Å². The van der Waals surface area contributed by atoms with Gasteiger partial charge in [0.25, 0.3) is 0 Å². The van der Waals surface area contributed by atoms with Crippen molar-refractivity contribution in [3.8, 4) is 0 Å². The number of carbonyl (C=O) groups is 1. The third-order valence-corrected chi connectivity index (χ3v) is 2.58. The molecule has 1 atom stereocenters. The van der Waals surface area contributed by atoms with Gasteiger partial charge in [-0.1, -0.05) is 24.6 Å². The van der Waals surface area contributed by atoms with Crippen LogP contribution in [0.1, 0.15) is 33.1 Å². The third kappa shape index (κ3) is 2.33. The molecule has 1 rings (SSSR count). The van der Waals surface area contributed by atoms with Gasteiger partial charge in [-0.05, 0) is 37.7 Å². The van der Waals surface area contributed by atoms with E-state index in [0.717, 1.165) is 12.7 Å². The quantitative estimate of drug-likeness (QED) is 0.348. The second-order valence-corrected chi connectivity index (χ2v) is 3.90. The smallest absolute Gasteiger partial charge is 0.142 e. The second kappa shape index (κ2) is 3.70. The SMILES string of the molecule is CC1=CCC(C)(C=CC=O)CC1. The molecule has 0 aromatic carbocycles. The summed E-state index contributed by atoms with van der Waals surface area (Å²) >= 11 is 0. The van der Waals surface area contributed by atoms with E-state index in [1.54, 1.807) is 6.08 Å². The molecule has 0 radical (unpaired) electrons. The summed E-state index contributed by atoms with van der Waals surface area (Å²) in [5, 5.41) is 0. The summed E-state index contributed by atoms with van der Waals surface area (Å²) in [7, 11) is 0. The molecule has 1 aliphatic rings. The highest BCUT2D eigenvalue weighted by atomic mass is 16.1. The molecule has 1 heteroatoms. The van der Waals surface area contributed by atoms with Gasteiger partial charge in [-0.25, -0.2) is 0 Å². The van der Waals surface area contributed by atoms with Crippen LogP contribution in [0.15, 0.2) is 23.8 Å². The van der Waals surface area contributed by atoms with Crippen molar-refractivity contribution < 1.29 is 4.79 Å². The van der Waals surface area contributed by atoms with Crippen LogP contribution in [0.2, 0.25) is 0 Å². The van der Waals surface area contributed by atoms with E-state index >= 15 is 0 Å². The van der Waals surface area contributed by atoms with E-state index < -0.39 is 0 Å². The molecule has 0 amide bonds. The zero-order valence-corrected chi connectivity index (χ0v) is 7.84. The predicted molar refractivity (Wildman–Crippen MR) is 50.9 cm³/mol. The Labute approximate surface area is 74.2 Å². The maximum atomic E-state index is 10.2. The molecule has 0 aromatic rings. The summed E-state index contributed by atoms with van der Waals surface area (Å²) in [6.07, 6.45) is 10.2. The van der Waals surface area contributed by atoms with E-state index in [1.165, 1.54) is 18.4 Å². The number of rotatable bonds is 2. The maximum absolute atomic E-state index is 10.2. The standard InChI is InChI=1S/C11H16O/c1-10-4-7-11(2,8-5-10)6-3-9-12/h3-4,6,9H,5,7-8H2,1-2H3. The van der Waals surface area contributed by atoms with E-state index in [2.05, 4.69) is 19.9 Å². The molecule has 1 nitrogen and oxygen atoms in total. The lowest BCUT2D eigenvalue weighted by molar-refractivity contribution is -0.104. The Morgan fingerprint density at radius 3 is 2.83 bits per heavy atom. The van der Waals surface area contributed by atoms with Crippen molar-refractivity contribution in [3.05, 3.63) is 23.8 Å². The predicted octanol–water partition coefficient (Wildman–Crippen LogP) is 2.88. The first-order valence-electron chi connectivity index (χ1n) is 4.45. The van der Waals surface area contributed by atoms with Gasteiger partial charge in [0.2, 0.25) is 0 Å². The van der Waals surface area contributed by atoms with Crippen molar-refractivity contribution in [3.63, 3.8) is 0 Å². The first-order chi connectivity index (χ1) is 5.66. The van der Waals surface area contributed by atoms with E-state index in [0.29, 0.717) is 0 Å². The van der Waals surface area contributed by atoms with Crippen molar-refractivity contribution in [1.29, 1.82) is 0 Å². The Balaban J connectivity index is 2.63. The minimum absolute atomic E-state index is 0.223. The Kier molecular flexibility index (Phi) is 2.85. The number of allylic oxidation sites excluding steroid dienone is 4. The number of aldehydes is 1. The van der Waals surface area contributed by atoms with E-state index in [-0.39, 0.29) is 5.41 Å². The van der Waals surface area contributed by atoms with Crippen LogP contribution >= 0.6 is 0 Å². The van der Waals surface area contributed by atoms with Crippen molar-refractivity contribution >= 4 is 6.29 Å². The van der Waals surface area contributed by atoms with Crippen molar-refractivity contribution in [2.75, 3.05) is 0 Å². The van der Waals surface area contributed by atoms with Crippen LogP contribution in [-0.4, -0.2) is 6.29 Å². The molecule has 0 aromatic heterocycles. The van der Waals surface area contributed by atoms with Gasteiger partial charge in [-0.15, -0.1) is 0 Å². The second-order valence-electron chi connectivity index (χ2n) is 3.90. The van der Waals surface area contributed by atoms with Gasteiger partial charge in [0, 0.05) is 0 Å². The van der Waals surface area contributed by atoms with Gasteiger partial charge < -0.3 is 0 Å². The van der Waals surface area contributed by atoms with Crippen LogP contribution in [-0.2, 0) is 4.79 Å². The summed E-state index contributed by atoms with van der Waals surface area (Å²) in [6.45, 7) is 4.37. The lowest BCUT2D eigenvalue weighted by Crippen LogP contribution is -2.15. The van der Waals surface area contributed by atoms with Crippen molar-refractivity contribution in [1.82, 2.24) is 0 Å². The lowest BCUT2D eigenvalue weighted by atomic mass is 9.77. The molecule has 1 unspecified atom stereocenters. The van der Waals surface area contributed by atoms with Gasteiger partial charge in [0.15, 0.2) is 0 Å². The average Bonchev–Trinajstić information content (AvgIpc) is 2.08. The fourth-order valence-corrected chi connectivity index (χ4v) is 1.52. The Bertz CT molecular complexity index is 225. The summed E-state index contributed by atoms with van der Waals surface area (Å²) < 4.78 is 0. The maximum Gasteiger partial charge on any atom is 0.142 e. The van der Waals surface area contributed by atoms with E-state index in [4.69, 9.17) is 0 Å². The molecule has 0 bridgehead atoms. The summed E-state index contributed by atoms with van der Waals surface area (Å²) in [6, 6.07) is 0. The fourth-order valence-electron chi connectivity index (χ4n) is 1.52. The summed E-state index contributed by atoms with van der Waals surface area (Å²) in [5.74, 6) is 0. The monoisotopic (exact) mass is 164 g/mol. The molecular formula is C11H16O. The zero-order valence-electron chi connectivity index (χ0n) is 7.84. The lowest BCUT2D eigenvalue weighted by Gasteiger charge is -2.28. The molecule has 1 aliphatic carbocycles. The highest BCUT2D eigenvalue weighted by Gasteiger charge is 2.22. The van der Waals surface area contributed by atoms with E-state index in [9.17, 15) is 4.79 Å². The van der Waals surface area contributed by atoms with Crippen LogP contribution < -0.4 is 0 Å². The third-order valence-electron chi connectivity index (χ3n) is 2.58. The van der Waals surface area contributed by atoms with Crippen LogP contribution in [0, 0.1) is 5.41 Å². The van der Waals surface area contributed by atoms with Gasteiger partial charge in [0.1, 0.15) is 6.29 Å². The number of hydrogen-bond acceptors (Lipinski definition) is 1. The molecule has 12 heavy (non-hydrogen) atoms. The minimum atomic E-state index is 0.223. The highest BCUT2D eigenvalue weighted by Crippen LogP contribution is 2.35. The Morgan fingerprint density at radius 2 is 2.33 bits per heavy atom. The molecule has 0 heterocycles. The molecule has 66 valence electrons. The van der Waals surface area contributed by atoms with Crippen LogP contribution in [0.5, 0.6) is 0 Å². The summed E-state index contributed by atoms with van der Waals surface area (Å²) in [5.41, 5.74) is 1.70. The van der Waals surface area contributed by atoms with Gasteiger partial charge in [-0.3, -0.25) is 4.79 Å². The molecule has 0 N–H and O–H groups in total.